The SMILES string of the molecule is Cc1ccc(C(NN)c2ncccn2)c(F)c1F. The van der Waals surface area contributed by atoms with Crippen LogP contribution in [0, 0.1) is 18.6 Å². The largest absolute Gasteiger partial charge is 0.270 e. The predicted octanol–water partition coefficient (Wildman–Crippen LogP) is 1.62. The standard InChI is InChI=1S/C12H12F2N4/c1-7-3-4-8(10(14)9(7)13)11(18-15)12-16-5-2-6-17-12/h2-6,11,18H,15H2,1H3. The highest BCUT2D eigenvalue weighted by Gasteiger charge is 2.21. The van der Waals surface area contributed by atoms with Crippen molar-refractivity contribution >= 4 is 0 Å². The van der Waals surface area contributed by atoms with Crippen LogP contribution >= 0.6 is 0 Å². The molecule has 0 saturated heterocycles. The number of rotatable bonds is 3. The Morgan fingerprint density at radius 3 is 2.44 bits per heavy atom. The molecule has 0 aliphatic rings. The lowest BCUT2D eigenvalue weighted by molar-refractivity contribution is 0.474. The minimum Gasteiger partial charge on any atom is -0.270 e. The smallest absolute Gasteiger partial charge is 0.164 e. The van der Waals surface area contributed by atoms with Gasteiger partial charge in [0.2, 0.25) is 0 Å². The molecule has 0 amide bonds. The maximum Gasteiger partial charge on any atom is 0.164 e. The number of nitrogens with zero attached hydrogens (tertiary/aromatic N) is 2. The van der Waals surface area contributed by atoms with E-state index >= 15 is 0 Å². The molecule has 1 aromatic carbocycles. The number of aryl methyl sites for hydroxylation is 1. The van der Waals surface area contributed by atoms with Crippen LogP contribution in [0.1, 0.15) is 23.0 Å². The Labute approximate surface area is 103 Å². The van der Waals surface area contributed by atoms with Crippen molar-refractivity contribution < 1.29 is 8.78 Å². The maximum atomic E-state index is 13.9. The number of hydrogen-bond acceptors (Lipinski definition) is 4. The van der Waals surface area contributed by atoms with Crippen molar-refractivity contribution in [3.8, 4) is 0 Å². The Morgan fingerprint density at radius 1 is 1.17 bits per heavy atom. The molecule has 0 aliphatic heterocycles. The van der Waals surface area contributed by atoms with Crippen LogP contribution in [0.15, 0.2) is 30.6 Å². The lowest BCUT2D eigenvalue weighted by atomic mass is 10.0. The molecule has 0 spiro atoms. The van der Waals surface area contributed by atoms with Gasteiger partial charge in [-0.1, -0.05) is 12.1 Å². The van der Waals surface area contributed by atoms with E-state index < -0.39 is 17.7 Å². The highest BCUT2D eigenvalue weighted by molar-refractivity contribution is 5.31. The van der Waals surface area contributed by atoms with Crippen molar-refractivity contribution in [1.29, 1.82) is 0 Å². The van der Waals surface area contributed by atoms with Crippen LogP contribution in [0.4, 0.5) is 8.78 Å². The Balaban J connectivity index is 2.50. The summed E-state index contributed by atoms with van der Waals surface area (Å²) in [4.78, 5) is 7.95. The van der Waals surface area contributed by atoms with Crippen LogP contribution in [-0.2, 0) is 0 Å². The van der Waals surface area contributed by atoms with Gasteiger partial charge in [0.15, 0.2) is 17.5 Å². The molecule has 0 fully saturated rings. The second-order valence-electron chi connectivity index (χ2n) is 3.81. The first kappa shape index (κ1) is 12.5. The van der Waals surface area contributed by atoms with Crippen molar-refractivity contribution in [2.24, 2.45) is 5.84 Å². The van der Waals surface area contributed by atoms with E-state index in [0.717, 1.165) is 0 Å². The zero-order valence-corrected chi connectivity index (χ0v) is 9.69. The minimum absolute atomic E-state index is 0.0757. The summed E-state index contributed by atoms with van der Waals surface area (Å²) in [7, 11) is 0. The number of nitrogens with two attached hydrogens (primary N) is 1. The Kier molecular flexibility index (Phi) is 3.59. The van der Waals surface area contributed by atoms with E-state index in [1.54, 1.807) is 6.07 Å². The highest BCUT2D eigenvalue weighted by Crippen LogP contribution is 2.24. The molecule has 0 aliphatic carbocycles. The Hall–Kier alpha value is -1.92. The molecule has 18 heavy (non-hydrogen) atoms. The van der Waals surface area contributed by atoms with Crippen LogP contribution in [0.5, 0.6) is 0 Å². The van der Waals surface area contributed by atoms with Gasteiger partial charge < -0.3 is 0 Å². The van der Waals surface area contributed by atoms with E-state index in [2.05, 4.69) is 15.4 Å². The molecule has 1 heterocycles. The van der Waals surface area contributed by atoms with Crippen molar-refractivity contribution in [1.82, 2.24) is 15.4 Å². The number of hydrazine groups is 1. The topological polar surface area (TPSA) is 63.8 Å². The molecule has 2 aromatic rings. The number of halogens is 2. The number of benzene rings is 1. The summed E-state index contributed by atoms with van der Waals surface area (Å²) >= 11 is 0. The van der Waals surface area contributed by atoms with E-state index in [1.807, 2.05) is 0 Å². The van der Waals surface area contributed by atoms with Gasteiger partial charge >= 0.3 is 0 Å². The first-order valence-corrected chi connectivity index (χ1v) is 5.32. The molecule has 1 aromatic heterocycles. The average molecular weight is 250 g/mol. The second kappa shape index (κ2) is 5.16. The lowest BCUT2D eigenvalue weighted by Crippen LogP contribution is -2.31. The van der Waals surface area contributed by atoms with Gasteiger partial charge in [-0.15, -0.1) is 0 Å². The maximum absolute atomic E-state index is 13.9. The molecule has 1 unspecified atom stereocenters. The predicted molar refractivity (Wildman–Crippen MR) is 62.3 cm³/mol. The Bertz CT molecular complexity index is 545. The fourth-order valence-corrected chi connectivity index (χ4v) is 1.65. The van der Waals surface area contributed by atoms with Crippen LogP contribution < -0.4 is 11.3 Å². The molecular weight excluding hydrogens is 238 g/mol. The van der Waals surface area contributed by atoms with Gasteiger partial charge in [-0.05, 0) is 18.6 Å². The van der Waals surface area contributed by atoms with Gasteiger partial charge in [0.05, 0.1) is 0 Å². The summed E-state index contributed by atoms with van der Waals surface area (Å²) < 4.78 is 27.4. The summed E-state index contributed by atoms with van der Waals surface area (Å²) in [6.07, 6.45) is 3.02. The average Bonchev–Trinajstić information content (AvgIpc) is 2.41. The van der Waals surface area contributed by atoms with E-state index in [0.29, 0.717) is 0 Å². The molecule has 1 atom stereocenters. The summed E-state index contributed by atoms with van der Waals surface area (Å²) in [5.74, 6) is 3.83. The third kappa shape index (κ3) is 2.20. The first-order chi connectivity index (χ1) is 8.65. The van der Waals surface area contributed by atoms with Crippen LogP contribution in [0.2, 0.25) is 0 Å². The normalized spacial score (nSPS) is 12.4. The van der Waals surface area contributed by atoms with Gasteiger partial charge in [-0.3, -0.25) is 5.84 Å². The molecule has 0 saturated carbocycles. The number of hydrogen-bond donors (Lipinski definition) is 2. The van der Waals surface area contributed by atoms with E-state index in [4.69, 9.17) is 5.84 Å². The highest BCUT2D eigenvalue weighted by atomic mass is 19.2. The number of nitrogens with one attached hydrogen (secondary N) is 1. The van der Waals surface area contributed by atoms with E-state index in [-0.39, 0.29) is 17.0 Å². The summed E-state index contributed by atoms with van der Waals surface area (Å²) in [5.41, 5.74) is 2.70. The fourth-order valence-electron chi connectivity index (χ4n) is 1.65. The molecule has 0 bridgehead atoms. The van der Waals surface area contributed by atoms with E-state index in [9.17, 15) is 8.78 Å². The monoisotopic (exact) mass is 250 g/mol. The summed E-state index contributed by atoms with van der Waals surface area (Å²) in [6, 6.07) is 3.79. The zero-order chi connectivity index (χ0) is 13.1. The van der Waals surface area contributed by atoms with Crippen molar-refractivity contribution in [3.05, 3.63) is 59.2 Å². The zero-order valence-electron chi connectivity index (χ0n) is 9.69. The third-order valence-corrected chi connectivity index (χ3v) is 2.63. The molecule has 0 radical (unpaired) electrons. The second-order valence-corrected chi connectivity index (χ2v) is 3.81. The Morgan fingerprint density at radius 2 is 1.83 bits per heavy atom. The lowest BCUT2D eigenvalue weighted by Gasteiger charge is -2.16. The van der Waals surface area contributed by atoms with Crippen LogP contribution in [0.25, 0.3) is 0 Å². The molecule has 2 rings (SSSR count). The first-order valence-electron chi connectivity index (χ1n) is 5.32. The van der Waals surface area contributed by atoms with Crippen molar-refractivity contribution in [2.75, 3.05) is 0 Å². The molecule has 94 valence electrons. The molecule has 4 nitrogen and oxygen atoms in total. The van der Waals surface area contributed by atoms with Gasteiger partial charge in [0, 0.05) is 18.0 Å². The van der Waals surface area contributed by atoms with Gasteiger partial charge in [-0.25, -0.2) is 24.2 Å². The van der Waals surface area contributed by atoms with Gasteiger partial charge in [0.1, 0.15) is 6.04 Å². The minimum atomic E-state index is -0.939. The molecule has 6 heteroatoms. The third-order valence-electron chi connectivity index (χ3n) is 2.63. The molecular formula is C12H12F2N4. The van der Waals surface area contributed by atoms with Crippen molar-refractivity contribution in [2.45, 2.75) is 13.0 Å². The van der Waals surface area contributed by atoms with E-state index in [1.165, 1.54) is 31.5 Å². The van der Waals surface area contributed by atoms with Gasteiger partial charge in [-0.2, -0.15) is 0 Å². The van der Waals surface area contributed by atoms with Crippen LogP contribution in [0.3, 0.4) is 0 Å². The van der Waals surface area contributed by atoms with Crippen molar-refractivity contribution in [3.63, 3.8) is 0 Å². The van der Waals surface area contributed by atoms with Gasteiger partial charge in [0.25, 0.3) is 0 Å². The van der Waals surface area contributed by atoms with Crippen LogP contribution in [-0.4, -0.2) is 9.97 Å². The quantitative estimate of drug-likeness (QED) is 0.641. The fraction of sp³-hybridized carbons (Fsp3) is 0.167. The summed E-state index contributed by atoms with van der Waals surface area (Å²) in [6.45, 7) is 1.49. The number of aromatic nitrogens is 2. The molecule has 3 N–H and O–H groups in total. The summed E-state index contributed by atoms with van der Waals surface area (Å²) in [5, 5.41) is 0.